The van der Waals surface area contributed by atoms with Gasteiger partial charge in [0.2, 0.25) is 0 Å². The van der Waals surface area contributed by atoms with Crippen LogP contribution >= 0.6 is 15.9 Å². The Kier molecular flexibility index (Phi) is 4.03. The Bertz CT molecular complexity index is 431. The van der Waals surface area contributed by atoms with E-state index in [0.717, 1.165) is 13.0 Å². The first-order valence-electron chi connectivity index (χ1n) is 4.47. The molecule has 0 radical (unpaired) electrons. The molecule has 0 aliphatic heterocycles. The van der Waals surface area contributed by atoms with E-state index in [2.05, 4.69) is 20.7 Å². The monoisotopic (exact) mass is 312 g/mol. The number of carboxylic acids is 1. The second kappa shape index (κ2) is 4.95. The molecule has 0 fully saturated rings. The van der Waals surface area contributed by atoms with Crippen molar-refractivity contribution in [2.45, 2.75) is 19.2 Å². The van der Waals surface area contributed by atoms with Crippen LogP contribution < -0.4 is 4.74 Å². The molecule has 3 nitrogen and oxygen atoms in total. The fourth-order valence-electron chi connectivity index (χ4n) is 1.03. The topological polar surface area (TPSA) is 46.5 Å². The summed E-state index contributed by atoms with van der Waals surface area (Å²) in [5.74, 6) is -1.39. The number of alkyl halides is 3. The quantitative estimate of drug-likeness (QED) is 0.929. The van der Waals surface area contributed by atoms with Gasteiger partial charge < -0.3 is 9.84 Å². The van der Waals surface area contributed by atoms with Crippen LogP contribution in [0.1, 0.15) is 17.3 Å². The van der Waals surface area contributed by atoms with Gasteiger partial charge in [-0.2, -0.15) is 13.2 Å². The van der Waals surface area contributed by atoms with Crippen molar-refractivity contribution in [2.24, 2.45) is 0 Å². The van der Waals surface area contributed by atoms with Crippen LogP contribution in [0.15, 0.2) is 22.7 Å². The van der Waals surface area contributed by atoms with E-state index in [4.69, 9.17) is 5.11 Å². The molecule has 1 unspecified atom stereocenters. The summed E-state index contributed by atoms with van der Waals surface area (Å²) in [5, 5.41) is 8.73. The summed E-state index contributed by atoms with van der Waals surface area (Å²) in [6, 6.07) is 3.58. The van der Waals surface area contributed by atoms with Gasteiger partial charge in [-0.25, -0.2) is 4.79 Å². The third kappa shape index (κ3) is 3.92. The first-order chi connectivity index (χ1) is 7.70. The van der Waals surface area contributed by atoms with E-state index in [0.29, 0.717) is 4.47 Å². The van der Waals surface area contributed by atoms with Crippen LogP contribution in [0.25, 0.3) is 0 Å². The molecule has 17 heavy (non-hydrogen) atoms. The molecule has 1 aromatic carbocycles. The van der Waals surface area contributed by atoms with E-state index in [1.54, 1.807) is 0 Å². The predicted molar refractivity (Wildman–Crippen MR) is 57.2 cm³/mol. The van der Waals surface area contributed by atoms with Crippen LogP contribution in [0.4, 0.5) is 13.2 Å². The number of ether oxygens (including phenoxy) is 1. The van der Waals surface area contributed by atoms with Crippen molar-refractivity contribution >= 4 is 21.9 Å². The van der Waals surface area contributed by atoms with Crippen LogP contribution in [-0.4, -0.2) is 23.4 Å². The third-order valence-electron chi connectivity index (χ3n) is 1.89. The molecule has 0 bridgehead atoms. The number of carbonyl (C=O) groups is 1. The Morgan fingerprint density at radius 3 is 2.47 bits per heavy atom. The van der Waals surface area contributed by atoms with Gasteiger partial charge >= 0.3 is 12.1 Å². The Morgan fingerprint density at radius 1 is 1.41 bits per heavy atom. The molecule has 0 aromatic heterocycles. The second-order valence-electron chi connectivity index (χ2n) is 3.28. The molecular weight excluding hydrogens is 305 g/mol. The molecule has 0 saturated heterocycles. The zero-order valence-corrected chi connectivity index (χ0v) is 10.2. The Morgan fingerprint density at radius 2 is 2.00 bits per heavy atom. The van der Waals surface area contributed by atoms with Crippen molar-refractivity contribution in [3.05, 3.63) is 28.2 Å². The first kappa shape index (κ1) is 13.8. The SMILES string of the molecule is CC(Oc1cc(Br)cc(C(=O)O)c1)C(F)(F)F. The Hall–Kier alpha value is -1.24. The summed E-state index contributed by atoms with van der Waals surface area (Å²) in [7, 11) is 0. The minimum Gasteiger partial charge on any atom is -0.481 e. The molecule has 0 heterocycles. The van der Waals surface area contributed by atoms with Crippen molar-refractivity contribution in [3.8, 4) is 5.75 Å². The maximum Gasteiger partial charge on any atom is 0.425 e. The van der Waals surface area contributed by atoms with Gasteiger partial charge in [0.25, 0.3) is 0 Å². The molecule has 1 rings (SSSR count). The van der Waals surface area contributed by atoms with Gasteiger partial charge in [-0.3, -0.25) is 0 Å². The van der Waals surface area contributed by atoms with Crippen molar-refractivity contribution in [2.75, 3.05) is 0 Å². The van der Waals surface area contributed by atoms with Crippen molar-refractivity contribution in [1.29, 1.82) is 0 Å². The van der Waals surface area contributed by atoms with Crippen molar-refractivity contribution in [3.63, 3.8) is 0 Å². The molecule has 0 amide bonds. The summed E-state index contributed by atoms with van der Waals surface area (Å²) in [6.45, 7) is 0.849. The van der Waals surface area contributed by atoms with Crippen molar-refractivity contribution in [1.82, 2.24) is 0 Å². The minimum atomic E-state index is -4.49. The molecule has 1 atom stereocenters. The molecule has 1 aromatic rings. The number of hydrogen-bond donors (Lipinski definition) is 1. The first-order valence-corrected chi connectivity index (χ1v) is 5.26. The van der Waals surface area contributed by atoms with Crippen LogP contribution in [0.2, 0.25) is 0 Å². The Labute approximate surface area is 103 Å². The number of carboxylic acid groups (broad SMARTS) is 1. The molecule has 0 saturated carbocycles. The average molecular weight is 313 g/mol. The van der Waals surface area contributed by atoms with Gasteiger partial charge in [-0.05, 0) is 25.1 Å². The molecule has 7 heteroatoms. The highest BCUT2D eigenvalue weighted by atomic mass is 79.9. The molecular formula is C10H8BrF3O3. The molecule has 94 valence electrons. The molecule has 0 aliphatic carbocycles. The van der Waals surface area contributed by atoms with Crippen molar-refractivity contribution < 1.29 is 27.8 Å². The summed E-state index contributed by atoms with van der Waals surface area (Å²) < 4.78 is 41.7. The van der Waals surface area contributed by atoms with Crippen LogP contribution in [0, 0.1) is 0 Å². The molecule has 0 aliphatic rings. The van der Waals surface area contributed by atoms with E-state index in [1.165, 1.54) is 12.1 Å². The lowest BCUT2D eigenvalue weighted by Gasteiger charge is -2.18. The highest BCUT2D eigenvalue weighted by Gasteiger charge is 2.38. The maximum atomic E-state index is 12.2. The van der Waals surface area contributed by atoms with Gasteiger partial charge in [-0.1, -0.05) is 15.9 Å². The van der Waals surface area contributed by atoms with Gasteiger partial charge in [0.1, 0.15) is 5.75 Å². The average Bonchev–Trinajstić information content (AvgIpc) is 2.14. The zero-order valence-electron chi connectivity index (χ0n) is 8.58. The van der Waals surface area contributed by atoms with E-state index < -0.39 is 18.2 Å². The van der Waals surface area contributed by atoms with Gasteiger partial charge in [0.05, 0.1) is 5.56 Å². The summed E-state index contributed by atoms with van der Waals surface area (Å²) >= 11 is 3.00. The second-order valence-corrected chi connectivity index (χ2v) is 4.20. The standard InChI is InChI=1S/C10H8BrF3O3/c1-5(10(12,13)14)17-8-3-6(9(15)16)2-7(11)4-8/h2-5H,1H3,(H,15,16). The lowest BCUT2D eigenvalue weighted by atomic mass is 10.2. The third-order valence-corrected chi connectivity index (χ3v) is 2.35. The summed E-state index contributed by atoms with van der Waals surface area (Å²) in [4.78, 5) is 10.7. The number of hydrogen-bond acceptors (Lipinski definition) is 2. The fraction of sp³-hybridized carbons (Fsp3) is 0.300. The van der Waals surface area contributed by atoms with E-state index >= 15 is 0 Å². The largest absolute Gasteiger partial charge is 0.481 e. The normalized spacial score (nSPS) is 13.2. The van der Waals surface area contributed by atoms with Crippen LogP contribution in [0.3, 0.4) is 0 Å². The highest BCUT2D eigenvalue weighted by Crippen LogP contribution is 2.27. The van der Waals surface area contributed by atoms with E-state index in [9.17, 15) is 18.0 Å². The number of benzene rings is 1. The van der Waals surface area contributed by atoms with Gasteiger partial charge in [-0.15, -0.1) is 0 Å². The molecule has 1 N–H and O–H groups in total. The lowest BCUT2D eigenvalue weighted by molar-refractivity contribution is -0.189. The van der Waals surface area contributed by atoms with Gasteiger partial charge in [0, 0.05) is 4.47 Å². The summed E-state index contributed by atoms with van der Waals surface area (Å²) in [6.07, 6.45) is -6.50. The summed E-state index contributed by atoms with van der Waals surface area (Å²) in [5.41, 5.74) is -0.149. The number of halogens is 4. The minimum absolute atomic E-state index is 0.149. The maximum absolute atomic E-state index is 12.2. The predicted octanol–water partition coefficient (Wildman–Crippen LogP) is 3.48. The highest BCUT2D eigenvalue weighted by molar-refractivity contribution is 9.10. The molecule has 0 spiro atoms. The zero-order chi connectivity index (χ0) is 13.2. The van der Waals surface area contributed by atoms with Crippen LogP contribution in [0.5, 0.6) is 5.75 Å². The van der Waals surface area contributed by atoms with E-state index in [-0.39, 0.29) is 11.3 Å². The number of aromatic carboxylic acids is 1. The number of rotatable bonds is 3. The van der Waals surface area contributed by atoms with Gasteiger partial charge in [0.15, 0.2) is 6.10 Å². The van der Waals surface area contributed by atoms with E-state index in [1.807, 2.05) is 0 Å². The Balaban J connectivity index is 2.96. The fourth-order valence-corrected chi connectivity index (χ4v) is 1.50. The lowest BCUT2D eigenvalue weighted by Crippen LogP contribution is -2.31. The van der Waals surface area contributed by atoms with Crippen LogP contribution in [-0.2, 0) is 0 Å². The smallest absolute Gasteiger partial charge is 0.425 e.